The normalized spacial score (nSPS) is 23.1. The van der Waals surface area contributed by atoms with E-state index in [4.69, 9.17) is 28.4 Å². The van der Waals surface area contributed by atoms with Gasteiger partial charge < -0.3 is 28.4 Å². The lowest BCUT2D eigenvalue weighted by Crippen LogP contribution is -2.62. The van der Waals surface area contributed by atoms with Gasteiger partial charge in [-0.05, 0) is 23.6 Å². The van der Waals surface area contributed by atoms with E-state index in [0.29, 0.717) is 13.2 Å². The van der Waals surface area contributed by atoms with Crippen LogP contribution < -0.4 is 0 Å². The number of benzene rings is 3. The fourth-order valence-corrected chi connectivity index (χ4v) is 4.42. The zero-order valence-electron chi connectivity index (χ0n) is 22.4. The molecule has 0 bridgehead atoms. The van der Waals surface area contributed by atoms with Crippen molar-refractivity contribution in [2.24, 2.45) is 0 Å². The number of ether oxygens (including phenoxy) is 6. The Morgan fingerprint density at radius 2 is 1.26 bits per heavy atom. The quantitative estimate of drug-likeness (QED) is 0.220. The lowest BCUT2D eigenvalue weighted by Gasteiger charge is -2.45. The summed E-state index contributed by atoms with van der Waals surface area (Å²) in [5.41, 5.74) is 3.00. The molecule has 1 aliphatic rings. The van der Waals surface area contributed by atoms with E-state index in [2.05, 4.69) is 0 Å². The predicted octanol–water partition coefficient (Wildman–Crippen LogP) is 5.23. The Labute approximate surface area is 230 Å². The van der Waals surface area contributed by atoms with Gasteiger partial charge in [0, 0.05) is 13.2 Å². The summed E-state index contributed by atoms with van der Waals surface area (Å²) in [5.74, 6) is -0.496. The second-order valence-electron chi connectivity index (χ2n) is 9.20. The molecule has 0 unspecified atom stereocenters. The predicted molar refractivity (Wildman–Crippen MR) is 146 cm³/mol. The number of hydrogen-bond acceptors (Lipinski definition) is 7. The second-order valence-corrected chi connectivity index (χ2v) is 9.20. The van der Waals surface area contributed by atoms with Crippen LogP contribution in [-0.4, -0.2) is 50.4 Å². The van der Waals surface area contributed by atoms with Gasteiger partial charge in [0.15, 0.2) is 12.4 Å². The van der Waals surface area contributed by atoms with Crippen molar-refractivity contribution in [1.29, 1.82) is 0 Å². The number of esters is 1. The minimum atomic E-state index is -0.815. The van der Waals surface area contributed by atoms with Crippen LogP contribution in [0.25, 0.3) is 0 Å². The highest BCUT2D eigenvalue weighted by molar-refractivity contribution is 5.82. The van der Waals surface area contributed by atoms with Crippen LogP contribution in [0.1, 0.15) is 23.6 Å². The van der Waals surface area contributed by atoms with Crippen molar-refractivity contribution in [3.05, 3.63) is 120 Å². The van der Waals surface area contributed by atoms with Crippen LogP contribution in [0.5, 0.6) is 0 Å². The van der Waals surface area contributed by atoms with Gasteiger partial charge in [0.25, 0.3) is 0 Å². The van der Waals surface area contributed by atoms with E-state index in [9.17, 15) is 4.79 Å². The summed E-state index contributed by atoms with van der Waals surface area (Å²) in [6.07, 6.45) is -0.611. The van der Waals surface area contributed by atoms with Crippen LogP contribution in [0.15, 0.2) is 103 Å². The fourth-order valence-electron chi connectivity index (χ4n) is 4.42. The minimum absolute atomic E-state index is 0.206. The average Bonchev–Trinajstić information content (AvgIpc) is 2.97. The molecule has 0 aromatic heterocycles. The number of rotatable bonds is 13. The Morgan fingerprint density at radius 3 is 1.77 bits per heavy atom. The third-order valence-corrected chi connectivity index (χ3v) is 6.34. The maximum Gasteiger partial charge on any atom is 0.330 e. The molecule has 1 aliphatic heterocycles. The highest BCUT2D eigenvalue weighted by Gasteiger charge is 2.50. The van der Waals surface area contributed by atoms with Crippen molar-refractivity contribution in [1.82, 2.24) is 0 Å². The van der Waals surface area contributed by atoms with Crippen molar-refractivity contribution in [2.75, 3.05) is 13.7 Å². The molecule has 7 nitrogen and oxygen atoms in total. The van der Waals surface area contributed by atoms with Crippen LogP contribution in [0.4, 0.5) is 0 Å². The Hall–Kier alpha value is -3.33. The summed E-state index contributed by atoms with van der Waals surface area (Å²) in [7, 11) is 1.54. The molecule has 0 aliphatic carbocycles. The average molecular weight is 533 g/mol. The van der Waals surface area contributed by atoms with E-state index in [0.717, 1.165) is 16.7 Å². The molecule has 0 saturated carbocycles. The molecule has 206 valence electrons. The van der Waals surface area contributed by atoms with Crippen molar-refractivity contribution in [2.45, 2.75) is 57.5 Å². The molecule has 0 spiro atoms. The third kappa shape index (κ3) is 8.58. The minimum Gasteiger partial charge on any atom is -0.453 e. The maximum absolute atomic E-state index is 12.7. The van der Waals surface area contributed by atoms with Crippen LogP contribution in [0.2, 0.25) is 0 Å². The molecule has 1 fully saturated rings. The molecule has 0 amide bonds. The summed E-state index contributed by atoms with van der Waals surface area (Å²) >= 11 is 0. The molecule has 4 rings (SSSR count). The molecule has 1 heterocycles. The number of carbonyl (C=O) groups is 1. The van der Waals surface area contributed by atoms with Crippen LogP contribution in [0.3, 0.4) is 0 Å². The zero-order chi connectivity index (χ0) is 27.3. The Morgan fingerprint density at radius 1 is 0.744 bits per heavy atom. The summed E-state index contributed by atoms with van der Waals surface area (Å²) in [5, 5.41) is 0. The molecule has 0 N–H and O–H groups in total. The molecule has 3 aromatic carbocycles. The van der Waals surface area contributed by atoms with Crippen LogP contribution >= 0.6 is 0 Å². The largest absolute Gasteiger partial charge is 0.453 e. The first-order chi connectivity index (χ1) is 19.2. The van der Waals surface area contributed by atoms with Crippen molar-refractivity contribution in [3.63, 3.8) is 0 Å². The summed E-state index contributed by atoms with van der Waals surface area (Å²) < 4.78 is 36.8. The number of methoxy groups -OCH3 is 1. The van der Waals surface area contributed by atoms with Gasteiger partial charge in [-0.15, -0.1) is 0 Å². The van der Waals surface area contributed by atoms with Gasteiger partial charge >= 0.3 is 5.97 Å². The molecule has 1 saturated heterocycles. The standard InChI is InChI=1S/C32H36O7/c1-3-13-28(33)39-30-29(36-21-25-16-9-5-10-17-25)27(23-35-20-24-14-7-4-8-15-24)38-32(34-2)31(30)37-22-26-18-11-6-12-19-26/h3-19,27,29-32H,20-23H2,1-2H3/b13-3+/t27-,29-,30+,31+,32+/m1/s1. The first-order valence-electron chi connectivity index (χ1n) is 13.1. The SMILES string of the molecule is C/C=C/C(=O)O[C@@H]1[C@H](OCc2ccccc2)[C@@H](OC)O[C@H](COCc2ccccc2)[C@H]1OCc1ccccc1. The van der Waals surface area contributed by atoms with Gasteiger partial charge in [0.2, 0.25) is 0 Å². The number of allylic oxidation sites excluding steroid dienone is 1. The summed E-state index contributed by atoms with van der Waals surface area (Å²) in [6, 6.07) is 29.5. The molecular formula is C32H36O7. The Balaban J connectivity index is 1.57. The monoisotopic (exact) mass is 532 g/mol. The van der Waals surface area contributed by atoms with Gasteiger partial charge in [0.1, 0.15) is 18.3 Å². The summed E-state index contributed by atoms with van der Waals surface area (Å²) in [6.45, 7) is 2.95. The topological polar surface area (TPSA) is 72.5 Å². The molecule has 0 radical (unpaired) electrons. The van der Waals surface area contributed by atoms with E-state index >= 15 is 0 Å². The van der Waals surface area contributed by atoms with E-state index in [1.807, 2.05) is 91.0 Å². The maximum atomic E-state index is 12.7. The number of carbonyl (C=O) groups excluding carboxylic acids is 1. The molecule has 5 atom stereocenters. The number of hydrogen-bond donors (Lipinski definition) is 0. The van der Waals surface area contributed by atoms with Gasteiger partial charge in [-0.1, -0.05) is 97.1 Å². The van der Waals surface area contributed by atoms with E-state index in [1.54, 1.807) is 20.1 Å². The first-order valence-corrected chi connectivity index (χ1v) is 13.1. The fraction of sp³-hybridized carbons (Fsp3) is 0.344. The third-order valence-electron chi connectivity index (χ3n) is 6.34. The Bertz CT molecular complexity index is 1140. The smallest absolute Gasteiger partial charge is 0.330 e. The first kappa shape index (κ1) is 28.7. The molecular weight excluding hydrogens is 496 g/mol. The van der Waals surface area contributed by atoms with Crippen molar-refractivity contribution >= 4 is 5.97 Å². The van der Waals surface area contributed by atoms with Gasteiger partial charge in [-0.3, -0.25) is 0 Å². The molecule has 3 aromatic rings. The molecule has 39 heavy (non-hydrogen) atoms. The van der Waals surface area contributed by atoms with Gasteiger partial charge in [-0.25, -0.2) is 4.79 Å². The van der Waals surface area contributed by atoms with E-state index in [1.165, 1.54) is 6.08 Å². The molecule has 7 heteroatoms. The summed E-state index contributed by atoms with van der Waals surface area (Å²) in [4.78, 5) is 12.7. The highest BCUT2D eigenvalue weighted by atomic mass is 16.7. The van der Waals surface area contributed by atoms with Gasteiger partial charge in [-0.2, -0.15) is 0 Å². The van der Waals surface area contributed by atoms with Crippen molar-refractivity contribution < 1.29 is 33.2 Å². The second kappa shape index (κ2) is 15.3. The Kier molecular flexibility index (Phi) is 11.3. The zero-order valence-corrected chi connectivity index (χ0v) is 22.4. The van der Waals surface area contributed by atoms with E-state index in [-0.39, 0.29) is 13.2 Å². The van der Waals surface area contributed by atoms with Crippen molar-refractivity contribution in [3.8, 4) is 0 Å². The van der Waals surface area contributed by atoms with Crippen LogP contribution in [-0.2, 0) is 53.0 Å². The lowest BCUT2D eigenvalue weighted by molar-refractivity contribution is -0.316. The van der Waals surface area contributed by atoms with Crippen LogP contribution in [0, 0.1) is 0 Å². The highest BCUT2D eigenvalue weighted by Crippen LogP contribution is 2.31. The van der Waals surface area contributed by atoms with Gasteiger partial charge in [0.05, 0.1) is 26.4 Å². The lowest BCUT2D eigenvalue weighted by atomic mass is 9.98. The van der Waals surface area contributed by atoms with E-state index < -0.39 is 36.7 Å².